The summed E-state index contributed by atoms with van der Waals surface area (Å²) in [5.74, 6) is 0. The first-order valence-corrected chi connectivity index (χ1v) is 13.7. The molecule has 0 spiro atoms. The molecule has 208 valence electrons. The number of hydrogen-bond acceptors (Lipinski definition) is 6. The Morgan fingerprint density at radius 1 is 0.475 bits per heavy atom. The van der Waals surface area contributed by atoms with Crippen LogP contribution in [0, 0.1) is 0 Å². The van der Waals surface area contributed by atoms with E-state index in [2.05, 4.69) is 0 Å². The highest BCUT2D eigenvalue weighted by molar-refractivity contribution is 5.16. The van der Waals surface area contributed by atoms with Crippen LogP contribution in [0.15, 0.2) is 121 Å². The van der Waals surface area contributed by atoms with Gasteiger partial charge >= 0.3 is 0 Å². The fraction of sp³-hybridized carbons (Fsp3) is 0.294. The first-order valence-electron chi connectivity index (χ1n) is 13.7. The molecule has 6 heteroatoms. The second-order valence-electron chi connectivity index (χ2n) is 9.85. The molecular weight excluding hydrogens is 504 g/mol. The van der Waals surface area contributed by atoms with Crippen molar-refractivity contribution in [2.75, 3.05) is 6.61 Å². The molecule has 0 saturated carbocycles. The molecule has 1 saturated heterocycles. The van der Waals surface area contributed by atoms with Crippen LogP contribution < -0.4 is 0 Å². The molecule has 1 aliphatic rings. The molecule has 5 atom stereocenters. The minimum atomic E-state index is -1.22. The fourth-order valence-corrected chi connectivity index (χ4v) is 4.77. The Morgan fingerprint density at radius 2 is 0.850 bits per heavy atom. The lowest BCUT2D eigenvalue weighted by Gasteiger charge is -2.44. The van der Waals surface area contributed by atoms with E-state index in [0.717, 1.165) is 22.3 Å². The van der Waals surface area contributed by atoms with E-state index in [1.54, 1.807) is 0 Å². The van der Waals surface area contributed by atoms with Gasteiger partial charge in [-0.3, -0.25) is 0 Å². The summed E-state index contributed by atoms with van der Waals surface area (Å²) >= 11 is 0. The maximum atomic E-state index is 11.2. The second kappa shape index (κ2) is 14.9. The van der Waals surface area contributed by atoms with Gasteiger partial charge in [0.25, 0.3) is 0 Å². The van der Waals surface area contributed by atoms with E-state index in [1.807, 2.05) is 121 Å². The predicted molar refractivity (Wildman–Crippen MR) is 152 cm³/mol. The van der Waals surface area contributed by atoms with Gasteiger partial charge in [0.05, 0.1) is 33.0 Å². The highest BCUT2D eigenvalue weighted by atomic mass is 16.7. The Hall–Kier alpha value is -3.36. The van der Waals surface area contributed by atoms with Gasteiger partial charge in [0.15, 0.2) is 6.29 Å². The second-order valence-corrected chi connectivity index (χ2v) is 9.85. The molecule has 1 N–H and O–H groups in total. The van der Waals surface area contributed by atoms with Gasteiger partial charge in [0, 0.05) is 0 Å². The van der Waals surface area contributed by atoms with E-state index in [-0.39, 0.29) is 6.61 Å². The molecule has 1 fully saturated rings. The molecule has 40 heavy (non-hydrogen) atoms. The zero-order valence-corrected chi connectivity index (χ0v) is 22.5. The SMILES string of the molecule is OC1OC(COCc2ccccc2)C(OCc2ccccc2)C(OCc2ccccc2)C1OCc1ccccc1. The van der Waals surface area contributed by atoms with Crippen LogP contribution in [0.4, 0.5) is 0 Å². The molecule has 0 radical (unpaired) electrons. The van der Waals surface area contributed by atoms with Crippen LogP contribution in [0.25, 0.3) is 0 Å². The maximum absolute atomic E-state index is 11.2. The van der Waals surface area contributed by atoms with Gasteiger partial charge in [-0.05, 0) is 22.3 Å². The van der Waals surface area contributed by atoms with Crippen LogP contribution in [0.1, 0.15) is 22.3 Å². The summed E-state index contributed by atoms with van der Waals surface area (Å²) in [7, 11) is 0. The van der Waals surface area contributed by atoms with Crippen LogP contribution >= 0.6 is 0 Å². The lowest BCUT2D eigenvalue weighted by atomic mass is 9.98. The Labute approximate surface area is 236 Å². The number of rotatable bonds is 13. The quantitative estimate of drug-likeness (QED) is 0.236. The van der Waals surface area contributed by atoms with Crippen molar-refractivity contribution in [3.63, 3.8) is 0 Å². The Bertz CT molecular complexity index is 1240. The Morgan fingerprint density at radius 3 is 1.30 bits per heavy atom. The Kier molecular flexibility index (Phi) is 10.5. The molecular formula is C34H36O6. The molecule has 4 aromatic rings. The van der Waals surface area contributed by atoms with Gasteiger partial charge in [-0.1, -0.05) is 121 Å². The summed E-state index contributed by atoms with van der Waals surface area (Å²) in [4.78, 5) is 0. The molecule has 1 aliphatic heterocycles. The summed E-state index contributed by atoms with van der Waals surface area (Å²) in [6.07, 6.45) is -3.72. The first-order chi connectivity index (χ1) is 19.8. The van der Waals surface area contributed by atoms with Crippen molar-refractivity contribution in [1.29, 1.82) is 0 Å². The minimum absolute atomic E-state index is 0.224. The summed E-state index contributed by atoms with van der Waals surface area (Å²) in [6, 6.07) is 39.7. The van der Waals surface area contributed by atoms with E-state index >= 15 is 0 Å². The third kappa shape index (κ3) is 8.08. The number of benzene rings is 4. The fourth-order valence-electron chi connectivity index (χ4n) is 4.77. The molecule has 0 aliphatic carbocycles. The lowest BCUT2D eigenvalue weighted by Crippen LogP contribution is -2.61. The van der Waals surface area contributed by atoms with Crippen LogP contribution in [-0.4, -0.2) is 42.4 Å². The molecule has 0 bridgehead atoms. The molecule has 5 rings (SSSR count). The number of ether oxygens (including phenoxy) is 5. The third-order valence-electron chi connectivity index (χ3n) is 6.86. The zero-order valence-electron chi connectivity index (χ0n) is 22.5. The standard InChI is InChI=1S/C34H36O6/c35-34-33(39-24-29-19-11-4-12-20-29)32(38-23-28-17-9-3-10-18-28)31(37-22-27-15-7-2-8-16-27)30(40-34)25-36-21-26-13-5-1-6-14-26/h1-20,30-35H,21-25H2. The highest BCUT2D eigenvalue weighted by Gasteiger charge is 2.48. The summed E-state index contributed by atoms with van der Waals surface area (Å²) < 4.78 is 31.4. The van der Waals surface area contributed by atoms with Crippen LogP contribution in [-0.2, 0) is 50.1 Å². The zero-order chi connectivity index (χ0) is 27.4. The van der Waals surface area contributed by atoms with E-state index in [9.17, 15) is 5.11 Å². The lowest BCUT2D eigenvalue weighted by molar-refractivity contribution is -0.317. The van der Waals surface area contributed by atoms with Crippen molar-refractivity contribution in [1.82, 2.24) is 0 Å². The smallest absolute Gasteiger partial charge is 0.184 e. The first kappa shape index (κ1) is 28.2. The molecule has 0 amide bonds. The predicted octanol–water partition coefficient (Wildman–Crippen LogP) is 5.68. The largest absolute Gasteiger partial charge is 0.374 e. The topological polar surface area (TPSA) is 66.4 Å². The summed E-state index contributed by atoms with van der Waals surface area (Å²) in [5.41, 5.74) is 4.10. The van der Waals surface area contributed by atoms with Crippen molar-refractivity contribution in [2.24, 2.45) is 0 Å². The Balaban J connectivity index is 1.36. The number of hydrogen-bond donors (Lipinski definition) is 1. The van der Waals surface area contributed by atoms with E-state index in [4.69, 9.17) is 23.7 Å². The number of aliphatic hydroxyl groups is 1. The third-order valence-corrected chi connectivity index (χ3v) is 6.86. The van der Waals surface area contributed by atoms with Crippen LogP contribution in [0.3, 0.4) is 0 Å². The minimum Gasteiger partial charge on any atom is -0.374 e. The maximum Gasteiger partial charge on any atom is 0.184 e. The number of aliphatic hydroxyl groups excluding tert-OH is 1. The van der Waals surface area contributed by atoms with Gasteiger partial charge in [-0.25, -0.2) is 0 Å². The van der Waals surface area contributed by atoms with Crippen LogP contribution in [0.5, 0.6) is 0 Å². The summed E-state index contributed by atoms with van der Waals surface area (Å²) in [5, 5.41) is 11.2. The molecule has 6 nitrogen and oxygen atoms in total. The highest BCUT2D eigenvalue weighted by Crippen LogP contribution is 2.30. The summed E-state index contributed by atoms with van der Waals surface area (Å²) in [6.45, 7) is 1.65. The molecule has 0 aromatic heterocycles. The van der Waals surface area contributed by atoms with Gasteiger partial charge in [0.1, 0.15) is 24.4 Å². The average molecular weight is 541 g/mol. The molecule has 5 unspecified atom stereocenters. The van der Waals surface area contributed by atoms with Crippen molar-refractivity contribution in [3.05, 3.63) is 144 Å². The van der Waals surface area contributed by atoms with Crippen molar-refractivity contribution < 1.29 is 28.8 Å². The van der Waals surface area contributed by atoms with Gasteiger partial charge in [-0.15, -0.1) is 0 Å². The van der Waals surface area contributed by atoms with Gasteiger partial charge < -0.3 is 28.8 Å². The normalized spacial score (nSPS) is 22.7. The van der Waals surface area contributed by atoms with E-state index < -0.39 is 30.7 Å². The van der Waals surface area contributed by atoms with Crippen molar-refractivity contribution in [2.45, 2.75) is 57.1 Å². The van der Waals surface area contributed by atoms with Crippen molar-refractivity contribution in [3.8, 4) is 0 Å². The monoisotopic (exact) mass is 540 g/mol. The van der Waals surface area contributed by atoms with Gasteiger partial charge in [0.2, 0.25) is 0 Å². The molecule has 1 heterocycles. The van der Waals surface area contributed by atoms with Crippen molar-refractivity contribution >= 4 is 0 Å². The van der Waals surface area contributed by atoms with E-state index in [1.165, 1.54) is 0 Å². The molecule has 4 aromatic carbocycles. The van der Waals surface area contributed by atoms with Crippen LogP contribution in [0.2, 0.25) is 0 Å². The average Bonchev–Trinajstić information content (AvgIpc) is 3.01. The van der Waals surface area contributed by atoms with Gasteiger partial charge in [-0.2, -0.15) is 0 Å². The van der Waals surface area contributed by atoms with E-state index in [0.29, 0.717) is 26.4 Å².